The molecule has 1 aromatic heterocycles. The number of pyridine rings is 1. The summed E-state index contributed by atoms with van der Waals surface area (Å²) in [7, 11) is 0. The molecule has 1 fully saturated rings. The van der Waals surface area contributed by atoms with Crippen molar-refractivity contribution in [3.63, 3.8) is 0 Å². The highest BCUT2D eigenvalue weighted by Gasteiger charge is 2.57. The number of hydrogen-bond acceptors (Lipinski definition) is 3. The van der Waals surface area contributed by atoms with Crippen LogP contribution in [-0.2, 0) is 9.59 Å². The van der Waals surface area contributed by atoms with Crippen LogP contribution in [0.15, 0.2) is 22.8 Å². The zero-order valence-corrected chi connectivity index (χ0v) is 9.82. The van der Waals surface area contributed by atoms with Crippen LogP contribution < -0.4 is 5.32 Å². The van der Waals surface area contributed by atoms with E-state index >= 15 is 0 Å². The van der Waals surface area contributed by atoms with E-state index in [-0.39, 0.29) is 0 Å². The quantitative estimate of drug-likeness (QED) is 0.827. The number of anilines is 1. The number of nitrogens with one attached hydrogen (secondary N) is 1. The fourth-order valence-electron chi connectivity index (χ4n) is 1.35. The van der Waals surface area contributed by atoms with Crippen LogP contribution in [0.2, 0.25) is 0 Å². The Bertz CT molecular complexity index is 440. The molecule has 2 N–H and O–H groups in total. The average molecular weight is 285 g/mol. The molecule has 0 spiro atoms. The van der Waals surface area contributed by atoms with Gasteiger partial charge in [-0.2, -0.15) is 0 Å². The first-order chi connectivity index (χ1) is 7.54. The maximum Gasteiger partial charge on any atom is 0.319 e. The minimum Gasteiger partial charge on any atom is -0.480 e. The Balaban J connectivity index is 2.08. The Labute approximate surface area is 100 Å². The van der Waals surface area contributed by atoms with Crippen LogP contribution in [0.4, 0.5) is 5.82 Å². The third kappa shape index (κ3) is 1.92. The summed E-state index contributed by atoms with van der Waals surface area (Å²) >= 11 is 3.22. The molecule has 0 radical (unpaired) electrons. The molecule has 0 bridgehead atoms. The molecular weight excluding hydrogens is 276 g/mol. The van der Waals surface area contributed by atoms with Gasteiger partial charge in [0.2, 0.25) is 5.91 Å². The van der Waals surface area contributed by atoms with E-state index in [1.165, 1.54) is 6.20 Å². The van der Waals surface area contributed by atoms with Crippen LogP contribution >= 0.6 is 15.9 Å². The van der Waals surface area contributed by atoms with E-state index in [2.05, 4.69) is 26.2 Å². The molecular formula is C10H9BrN2O3. The third-order valence-electron chi connectivity index (χ3n) is 2.56. The van der Waals surface area contributed by atoms with Crippen molar-refractivity contribution in [2.75, 3.05) is 5.32 Å². The van der Waals surface area contributed by atoms with E-state index in [0.717, 1.165) is 4.47 Å². The third-order valence-corrected chi connectivity index (χ3v) is 3.03. The highest BCUT2D eigenvalue weighted by atomic mass is 79.9. The second-order valence-electron chi connectivity index (χ2n) is 3.70. The number of aliphatic carboxylic acids is 1. The topological polar surface area (TPSA) is 79.3 Å². The maximum atomic E-state index is 11.7. The lowest BCUT2D eigenvalue weighted by Gasteiger charge is -2.09. The normalized spacial score (nSPS) is 16.6. The van der Waals surface area contributed by atoms with Gasteiger partial charge in [0.05, 0.1) is 0 Å². The van der Waals surface area contributed by atoms with Crippen molar-refractivity contribution in [3.05, 3.63) is 22.8 Å². The zero-order valence-electron chi connectivity index (χ0n) is 8.24. The van der Waals surface area contributed by atoms with Gasteiger partial charge in [0.1, 0.15) is 11.2 Å². The number of rotatable bonds is 3. The molecule has 6 heteroatoms. The summed E-state index contributed by atoms with van der Waals surface area (Å²) in [6, 6.07) is 3.34. The minimum absolute atomic E-state index is 0.362. The van der Waals surface area contributed by atoms with Crippen LogP contribution in [0, 0.1) is 5.41 Å². The van der Waals surface area contributed by atoms with Gasteiger partial charge >= 0.3 is 5.97 Å². The van der Waals surface area contributed by atoms with Crippen molar-refractivity contribution in [2.45, 2.75) is 12.8 Å². The van der Waals surface area contributed by atoms with Gasteiger partial charge in [-0.3, -0.25) is 9.59 Å². The molecule has 2 rings (SSSR count). The van der Waals surface area contributed by atoms with Crippen LogP contribution in [0.1, 0.15) is 12.8 Å². The highest BCUT2D eigenvalue weighted by molar-refractivity contribution is 9.10. The molecule has 0 aliphatic heterocycles. The Kier molecular flexibility index (Phi) is 2.67. The molecule has 1 saturated carbocycles. The number of carboxylic acids is 1. The number of amides is 1. The second kappa shape index (κ2) is 3.86. The van der Waals surface area contributed by atoms with Crippen LogP contribution in [-0.4, -0.2) is 22.0 Å². The van der Waals surface area contributed by atoms with Gasteiger partial charge in [-0.15, -0.1) is 0 Å². The Hall–Kier alpha value is -1.43. The molecule has 0 aromatic carbocycles. The fraction of sp³-hybridized carbons (Fsp3) is 0.300. The van der Waals surface area contributed by atoms with Crippen molar-refractivity contribution in [2.24, 2.45) is 5.41 Å². The number of carboxylic acid groups (broad SMARTS) is 1. The van der Waals surface area contributed by atoms with Gasteiger partial charge in [0, 0.05) is 10.7 Å². The van der Waals surface area contributed by atoms with Gasteiger partial charge in [-0.1, -0.05) is 0 Å². The number of aromatic nitrogens is 1. The van der Waals surface area contributed by atoms with Crippen molar-refractivity contribution < 1.29 is 14.7 Å². The van der Waals surface area contributed by atoms with Gasteiger partial charge in [0.25, 0.3) is 0 Å². The summed E-state index contributed by atoms with van der Waals surface area (Å²) in [6.07, 6.45) is 2.32. The summed E-state index contributed by atoms with van der Waals surface area (Å²) in [5.74, 6) is -1.20. The monoisotopic (exact) mass is 284 g/mol. The average Bonchev–Trinajstić information content (AvgIpc) is 3.02. The summed E-state index contributed by atoms with van der Waals surface area (Å²) in [4.78, 5) is 26.5. The predicted molar refractivity (Wildman–Crippen MR) is 59.9 cm³/mol. The molecule has 0 unspecified atom stereocenters. The zero-order chi connectivity index (χ0) is 11.8. The summed E-state index contributed by atoms with van der Waals surface area (Å²) < 4.78 is 0.796. The van der Waals surface area contributed by atoms with Crippen molar-refractivity contribution in [1.29, 1.82) is 0 Å². The van der Waals surface area contributed by atoms with Gasteiger partial charge < -0.3 is 10.4 Å². The molecule has 84 valence electrons. The molecule has 0 saturated heterocycles. The van der Waals surface area contributed by atoms with Crippen molar-refractivity contribution >= 4 is 33.6 Å². The molecule has 1 aromatic rings. The predicted octanol–water partition coefficient (Wildman–Crippen LogP) is 1.65. The smallest absolute Gasteiger partial charge is 0.319 e. The molecule has 0 atom stereocenters. The molecule has 16 heavy (non-hydrogen) atoms. The van der Waals surface area contributed by atoms with E-state index in [1.807, 2.05) is 0 Å². The fourth-order valence-corrected chi connectivity index (χ4v) is 1.58. The maximum absolute atomic E-state index is 11.7. The van der Waals surface area contributed by atoms with Crippen LogP contribution in [0.5, 0.6) is 0 Å². The number of carbonyl (C=O) groups is 2. The lowest BCUT2D eigenvalue weighted by molar-refractivity contribution is -0.147. The second-order valence-corrected chi connectivity index (χ2v) is 4.62. The first kappa shape index (κ1) is 11.1. The van der Waals surface area contributed by atoms with E-state index in [9.17, 15) is 9.59 Å². The molecule has 1 aliphatic rings. The van der Waals surface area contributed by atoms with E-state index in [4.69, 9.17) is 5.11 Å². The Morgan fingerprint density at radius 1 is 1.44 bits per heavy atom. The molecule has 5 nitrogen and oxygen atoms in total. The van der Waals surface area contributed by atoms with E-state index < -0.39 is 17.3 Å². The highest BCUT2D eigenvalue weighted by Crippen LogP contribution is 2.46. The van der Waals surface area contributed by atoms with E-state index in [1.54, 1.807) is 12.1 Å². The van der Waals surface area contributed by atoms with Crippen molar-refractivity contribution in [1.82, 2.24) is 4.98 Å². The van der Waals surface area contributed by atoms with Gasteiger partial charge in [-0.25, -0.2) is 4.98 Å². The first-order valence-corrected chi connectivity index (χ1v) is 5.50. The SMILES string of the molecule is O=C(O)C1(C(=O)Nc2ccc(Br)cn2)CC1. The lowest BCUT2D eigenvalue weighted by atomic mass is 10.1. The summed E-state index contributed by atoms with van der Waals surface area (Å²) in [5.41, 5.74) is -1.23. The Morgan fingerprint density at radius 2 is 2.12 bits per heavy atom. The van der Waals surface area contributed by atoms with Gasteiger partial charge in [-0.05, 0) is 40.9 Å². The first-order valence-electron chi connectivity index (χ1n) is 4.71. The number of halogens is 1. The summed E-state index contributed by atoms with van der Waals surface area (Å²) in [5, 5.41) is 11.4. The molecule has 1 amide bonds. The largest absolute Gasteiger partial charge is 0.480 e. The van der Waals surface area contributed by atoms with Crippen LogP contribution in [0.25, 0.3) is 0 Å². The van der Waals surface area contributed by atoms with Crippen molar-refractivity contribution in [3.8, 4) is 0 Å². The molecule has 1 heterocycles. The Morgan fingerprint density at radius 3 is 2.56 bits per heavy atom. The minimum atomic E-state index is -1.23. The standard InChI is InChI=1S/C10H9BrN2O3/c11-6-1-2-7(12-5-6)13-8(14)10(3-4-10)9(15)16/h1-2,5H,3-4H2,(H,15,16)(H,12,13,14). The number of nitrogens with zero attached hydrogens (tertiary/aromatic N) is 1. The van der Waals surface area contributed by atoms with E-state index in [0.29, 0.717) is 18.7 Å². The molecule has 1 aliphatic carbocycles. The number of carbonyl (C=O) groups excluding carboxylic acids is 1. The van der Waals surface area contributed by atoms with Gasteiger partial charge in [0.15, 0.2) is 0 Å². The van der Waals surface area contributed by atoms with Crippen LogP contribution in [0.3, 0.4) is 0 Å². The summed E-state index contributed by atoms with van der Waals surface area (Å²) in [6.45, 7) is 0. The lowest BCUT2D eigenvalue weighted by Crippen LogP contribution is -2.31. The number of hydrogen-bond donors (Lipinski definition) is 2.